The molecule has 3 aromatic rings. The topological polar surface area (TPSA) is 17.3 Å². The van der Waals surface area contributed by atoms with Crippen molar-refractivity contribution in [2.24, 2.45) is 0 Å². The number of rotatable bonds is 1. The molecule has 2 heterocycles. The summed E-state index contributed by atoms with van der Waals surface area (Å²) in [6.45, 7) is 0. The molecule has 2 aromatic heterocycles. The monoisotopic (exact) mass is 296 g/mol. The number of hydrogen-bond acceptors (Lipinski definition) is 1. The molecule has 0 aliphatic heterocycles. The van der Waals surface area contributed by atoms with Crippen molar-refractivity contribution in [1.82, 2.24) is 9.38 Å². The standard InChI is InChI=1S/C14H8ClF3N2/c15-12-11-6-1-2-7-20(11)13(19-12)9-4-3-5-10(8-9)14(16,17)18/h1-8H. The Morgan fingerprint density at radius 3 is 2.60 bits per heavy atom. The van der Waals surface area contributed by atoms with Crippen LogP contribution in [0.15, 0.2) is 48.7 Å². The van der Waals surface area contributed by atoms with Crippen molar-refractivity contribution < 1.29 is 13.2 Å². The molecule has 0 fully saturated rings. The van der Waals surface area contributed by atoms with Gasteiger partial charge in [-0.1, -0.05) is 29.8 Å². The van der Waals surface area contributed by atoms with Crippen LogP contribution in [0.5, 0.6) is 0 Å². The Hall–Kier alpha value is -2.01. The van der Waals surface area contributed by atoms with E-state index in [0.717, 1.165) is 12.1 Å². The highest BCUT2D eigenvalue weighted by atomic mass is 35.5. The van der Waals surface area contributed by atoms with E-state index in [9.17, 15) is 13.2 Å². The summed E-state index contributed by atoms with van der Waals surface area (Å²) in [6, 6.07) is 10.3. The normalized spacial score (nSPS) is 12.0. The van der Waals surface area contributed by atoms with Crippen molar-refractivity contribution >= 4 is 17.1 Å². The predicted molar refractivity (Wildman–Crippen MR) is 70.6 cm³/mol. The van der Waals surface area contributed by atoms with Crippen molar-refractivity contribution in [3.63, 3.8) is 0 Å². The van der Waals surface area contributed by atoms with Gasteiger partial charge < -0.3 is 0 Å². The maximum atomic E-state index is 12.7. The summed E-state index contributed by atoms with van der Waals surface area (Å²) >= 11 is 6.00. The van der Waals surface area contributed by atoms with Gasteiger partial charge in [-0.3, -0.25) is 4.40 Å². The lowest BCUT2D eigenvalue weighted by molar-refractivity contribution is -0.137. The van der Waals surface area contributed by atoms with Gasteiger partial charge in [0.05, 0.1) is 11.1 Å². The molecular formula is C14H8ClF3N2. The minimum absolute atomic E-state index is 0.262. The molecule has 1 aromatic carbocycles. The molecule has 0 atom stereocenters. The average molecular weight is 297 g/mol. The minimum atomic E-state index is -4.38. The summed E-state index contributed by atoms with van der Waals surface area (Å²) in [5.41, 5.74) is 0.313. The second kappa shape index (κ2) is 4.52. The van der Waals surface area contributed by atoms with Crippen molar-refractivity contribution in [1.29, 1.82) is 0 Å². The minimum Gasteiger partial charge on any atom is -0.298 e. The molecule has 102 valence electrons. The number of halogens is 4. The molecule has 20 heavy (non-hydrogen) atoms. The molecule has 3 rings (SSSR count). The van der Waals surface area contributed by atoms with Crippen molar-refractivity contribution in [2.45, 2.75) is 6.18 Å². The maximum Gasteiger partial charge on any atom is 0.416 e. The Balaban J connectivity index is 2.21. The third kappa shape index (κ3) is 2.14. The van der Waals surface area contributed by atoms with Crippen LogP contribution < -0.4 is 0 Å². The Morgan fingerprint density at radius 2 is 1.85 bits per heavy atom. The molecule has 0 aliphatic carbocycles. The van der Waals surface area contributed by atoms with Gasteiger partial charge in [-0.15, -0.1) is 0 Å². The Morgan fingerprint density at radius 1 is 1.05 bits per heavy atom. The summed E-state index contributed by atoms with van der Waals surface area (Å²) in [6.07, 6.45) is -2.67. The number of imidazole rings is 1. The largest absolute Gasteiger partial charge is 0.416 e. The third-order valence-electron chi connectivity index (χ3n) is 2.95. The van der Waals surface area contributed by atoms with Crippen LogP contribution in [-0.4, -0.2) is 9.38 Å². The van der Waals surface area contributed by atoms with E-state index >= 15 is 0 Å². The fourth-order valence-electron chi connectivity index (χ4n) is 2.04. The van der Waals surface area contributed by atoms with Crippen LogP contribution in [0.3, 0.4) is 0 Å². The molecule has 0 amide bonds. The summed E-state index contributed by atoms with van der Waals surface area (Å²) in [5.74, 6) is 0.386. The zero-order chi connectivity index (χ0) is 14.3. The quantitative estimate of drug-likeness (QED) is 0.637. The fraction of sp³-hybridized carbons (Fsp3) is 0.0714. The van der Waals surface area contributed by atoms with Gasteiger partial charge >= 0.3 is 6.18 Å². The predicted octanol–water partition coefficient (Wildman–Crippen LogP) is 4.67. The van der Waals surface area contributed by atoms with E-state index in [1.54, 1.807) is 34.9 Å². The van der Waals surface area contributed by atoms with Gasteiger partial charge in [0.2, 0.25) is 0 Å². The average Bonchev–Trinajstić information content (AvgIpc) is 2.76. The number of alkyl halides is 3. The van der Waals surface area contributed by atoms with Crippen LogP contribution in [0, 0.1) is 0 Å². The van der Waals surface area contributed by atoms with Crippen LogP contribution in [0.2, 0.25) is 5.15 Å². The van der Waals surface area contributed by atoms with E-state index in [4.69, 9.17) is 11.6 Å². The number of nitrogens with zero attached hydrogens (tertiary/aromatic N) is 2. The van der Waals surface area contributed by atoms with Gasteiger partial charge in [-0.25, -0.2) is 4.98 Å². The number of benzene rings is 1. The zero-order valence-corrected chi connectivity index (χ0v) is 10.8. The third-order valence-corrected chi connectivity index (χ3v) is 3.23. The van der Waals surface area contributed by atoms with Gasteiger partial charge in [-0.2, -0.15) is 13.2 Å². The van der Waals surface area contributed by atoms with E-state index in [0.29, 0.717) is 16.9 Å². The second-order valence-electron chi connectivity index (χ2n) is 4.26. The highest BCUT2D eigenvalue weighted by molar-refractivity contribution is 6.32. The smallest absolute Gasteiger partial charge is 0.298 e. The van der Waals surface area contributed by atoms with Crippen molar-refractivity contribution in [3.05, 3.63) is 59.4 Å². The van der Waals surface area contributed by atoms with E-state index < -0.39 is 11.7 Å². The molecular weight excluding hydrogens is 289 g/mol. The molecule has 0 spiro atoms. The summed E-state index contributed by atoms with van der Waals surface area (Å²) < 4.78 is 39.9. The molecule has 0 aliphatic rings. The molecule has 0 saturated heterocycles. The highest BCUT2D eigenvalue weighted by Gasteiger charge is 2.30. The molecule has 2 nitrogen and oxygen atoms in total. The first-order chi connectivity index (χ1) is 9.47. The lowest BCUT2D eigenvalue weighted by atomic mass is 10.1. The number of fused-ring (bicyclic) bond motifs is 1. The van der Waals surface area contributed by atoms with Crippen LogP contribution in [0.4, 0.5) is 13.2 Å². The van der Waals surface area contributed by atoms with Crippen LogP contribution in [0.25, 0.3) is 16.9 Å². The molecule has 0 N–H and O–H groups in total. The number of pyridine rings is 1. The Bertz CT molecular complexity index is 777. The highest BCUT2D eigenvalue weighted by Crippen LogP contribution is 2.33. The molecule has 6 heteroatoms. The van der Waals surface area contributed by atoms with E-state index in [1.807, 2.05) is 0 Å². The van der Waals surface area contributed by atoms with E-state index in [2.05, 4.69) is 4.98 Å². The van der Waals surface area contributed by atoms with Gasteiger partial charge in [0.25, 0.3) is 0 Å². The van der Waals surface area contributed by atoms with Crippen LogP contribution in [0.1, 0.15) is 5.56 Å². The van der Waals surface area contributed by atoms with Crippen molar-refractivity contribution in [2.75, 3.05) is 0 Å². The summed E-state index contributed by atoms with van der Waals surface area (Å²) in [7, 11) is 0. The van der Waals surface area contributed by atoms with Crippen LogP contribution >= 0.6 is 11.6 Å². The zero-order valence-electron chi connectivity index (χ0n) is 10.0. The first-order valence-electron chi connectivity index (χ1n) is 5.77. The van der Waals surface area contributed by atoms with Crippen molar-refractivity contribution in [3.8, 4) is 11.4 Å². The summed E-state index contributed by atoms with van der Waals surface area (Å²) in [5, 5.41) is 0.262. The van der Waals surface area contributed by atoms with E-state index in [1.165, 1.54) is 6.07 Å². The van der Waals surface area contributed by atoms with Gasteiger partial charge in [0.15, 0.2) is 5.15 Å². The molecule has 0 unspecified atom stereocenters. The lowest BCUT2D eigenvalue weighted by Gasteiger charge is -2.08. The fourth-order valence-corrected chi connectivity index (χ4v) is 2.27. The summed E-state index contributed by atoms with van der Waals surface area (Å²) in [4.78, 5) is 4.14. The SMILES string of the molecule is FC(F)(F)c1cccc(-c2nc(Cl)c3ccccn23)c1. The van der Waals surface area contributed by atoms with Gasteiger partial charge in [-0.05, 0) is 24.3 Å². The van der Waals surface area contributed by atoms with E-state index in [-0.39, 0.29) is 5.15 Å². The second-order valence-corrected chi connectivity index (χ2v) is 4.62. The van der Waals surface area contributed by atoms with Gasteiger partial charge in [0, 0.05) is 11.8 Å². The Labute approximate surface area is 117 Å². The maximum absolute atomic E-state index is 12.7. The number of hydrogen-bond donors (Lipinski definition) is 0. The molecule has 0 bridgehead atoms. The number of aromatic nitrogens is 2. The van der Waals surface area contributed by atoms with Crippen LogP contribution in [-0.2, 0) is 6.18 Å². The lowest BCUT2D eigenvalue weighted by Crippen LogP contribution is -2.04. The molecule has 0 saturated carbocycles. The van der Waals surface area contributed by atoms with Gasteiger partial charge in [0.1, 0.15) is 5.82 Å². The Kier molecular flexibility index (Phi) is 2.94. The molecule has 0 radical (unpaired) electrons. The first kappa shape index (κ1) is 13.0. The first-order valence-corrected chi connectivity index (χ1v) is 6.15.